The second kappa shape index (κ2) is 11.7. The van der Waals surface area contributed by atoms with Crippen LogP contribution < -0.4 is 21.7 Å². The van der Waals surface area contributed by atoms with Crippen LogP contribution in [0.1, 0.15) is 26.3 Å². The predicted octanol–water partition coefficient (Wildman–Crippen LogP) is -0.239. The predicted molar refractivity (Wildman–Crippen MR) is 134 cm³/mol. The van der Waals surface area contributed by atoms with Crippen LogP contribution in [0.4, 0.5) is 5.82 Å². The lowest BCUT2D eigenvalue weighted by Crippen LogP contribution is -2.46. The van der Waals surface area contributed by atoms with Gasteiger partial charge in [-0.15, -0.1) is 0 Å². The maximum absolute atomic E-state index is 13.0. The van der Waals surface area contributed by atoms with Crippen molar-refractivity contribution in [1.29, 1.82) is 0 Å². The summed E-state index contributed by atoms with van der Waals surface area (Å²) in [7, 11) is -1.58. The van der Waals surface area contributed by atoms with Gasteiger partial charge in [0, 0.05) is 0 Å². The number of esters is 2. The van der Waals surface area contributed by atoms with E-state index < -0.39 is 63.5 Å². The summed E-state index contributed by atoms with van der Waals surface area (Å²) in [5.41, 5.74) is 3.74. The summed E-state index contributed by atoms with van der Waals surface area (Å²) in [5.74, 6) is -3.48. The molecular weight excluding hydrogens is 520 g/mol. The topological polar surface area (TPSA) is 186 Å². The third kappa shape index (κ3) is 6.04. The summed E-state index contributed by atoms with van der Waals surface area (Å²) in [6, 6.07) is 13.4. The fourth-order valence-electron chi connectivity index (χ4n) is 3.42. The normalized spacial score (nSPS) is 11.1. The molecular formula is C24H24N4O9S. The number of carbonyl (C=O) groups is 3. The maximum Gasteiger partial charge on any atom is 0.338 e. The Labute approximate surface area is 216 Å². The lowest BCUT2D eigenvalue weighted by atomic mass is 10.1. The number of carbonyl (C=O) groups excluding carboxylic acids is 3. The summed E-state index contributed by atoms with van der Waals surface area (Å²) in [6.07, 6.45) is 0. The monoisotopic (exact) mass is 544 g/mol. The molecule has 0 aliphatic carbocycles. The number of nitrogens with one attached hydrogen (secondary N) is 1. The number of Topliss-reactive ketones (excluding diaryl/α,β-unsaturated/α-hetero) is 1. The van der Waals surface area contributed by atoms with E-state index in [1.54, 1.807) is 30.3 Å². The Morgan fingerprint density at radius 3 is 2.32 bits per heavy atom. The van der Waals surface area contributed by atoms with E-state index in [0.717, 1.165) is 17.7 Å². The zero-order chi connectivity index (χ0) is 28.0. The van der Waals surface area contributed by atoms with Crippen LogP contribution in [-0.4, -0.2) is 56.0 Å². The van der Waals surface area contributed by atoms with Gasteiger partial charge in [-0.1, -0.05) is 36.4 Å². The standard InChI is InChI=1S/C24H24N4O9S/c1-26-38(34,35)17-10-6-9-16(11-17)23(32)37-14-18(29)20-21(25)27(12-15-7-4-3-5-8-15)24(33)28(22(20)31)13-19(30)36-2/h3-11,26H,12-14,25H2,1-2H3. The van der Waals surface area contributed by atoms with E-state index >= 15 is 0 Å². The van der Waals surface area contributed by atoms with E-state index in [1.165, 1.54) is 25.2 Å². The van der Waals surface area contributed by atoms with Crippen LogP contribution in [0.5, 0.6) is 0 Å². The lowest BCUT2D eigenvalue weighted by molar-refractivity contribution is -0.141. The minimum absolute atomic E-state index is 0.125. The molecule has 3 aromatic rings. The van der Waals surface area contributed by atoms with Crippen molar-refractivity contribution in [2.24, 2.45) is 0 Å². The number of rotatable bonds is 10. The molecule has 0 aliphatic rings. The molecule has 0 spiro atoms. The van der Waals surface area contributed by atoms with Crippen molar-refractivity contribution >= 4 is 33.6 Å². The molecule has 13 nitrogen and oxygen atoms in total. The van der Waals surface area contributed by atoms with Gasteiger partial charge in [0.25, 0.3) is 5.56 Å². The molecule has 3 rings (SSSR count). The number of hydrogen-bond donors (Lipinski definition) is 2. The molecule has 200 valence electrons. The summed E-state index contributed by atoms with van der Waals surface area (Å²) < 4.78 is 37.1. The van der Waals surface area contributed by atoms with Crippen LogP contribution in [0.15, 0.2) is 69.1 Å². The van der Waals surface area contributed by atoms with Gasteiger partial charge in [0.05, 0.1) is 24.1 Å². The number of hydrogen-bond acceptors (Lipinski definition) is 10. The molecule has 0 saturated carbocycles. The van der Waals surface area contributed by atoms with Gasteiger partial charge in [-0.25, -0.2) is 27.3 Å². The Hall–Kier alpha value is -4.56. The summed E-state index contributed by atoms with van der Waals surface area (Å²) in [6.45, 7) is -1.86. The van der Waals surface area contributed by atoms with Crippen LogP contribution in [0, 0.1) is 0 Å². The first-order valence-corrected chi connectivity index (χ1v) is 12.5. The third-order valence-electron chi connectivity index (χ3n) is 5.43. The second-order valence-corrected chi connectivity index (χ2v) is 9.70. The molecule has 0 bridgehead atoms. The van der Waals surface area contributed by atoms with Crippen LogP contribution in [0.2, 0.25) is 0 Å². The summed E-state index contributed by atoms with van der Waals surface area (Å²) in [4.78, 5) is 63.2. The van der Waals surface area contributed by atoms with Crippen molar-refractivity contribution in [2.45, 2.75) is 18.0 Å². The second-order valence-electron chi connectivity index (χ2n) is 7.82. The van der Waals surface area contributed by atoms with Gasteiger partial charge < -0.3 is 15.2 Å². The maximum atomic E-state index is 13.0. The first kappa shape index (κ1) is 28.0. The largest absolute Gasteiger partial charge is 0.468 e. The zero-order valence-corrected chi connectivity index (χ0v) is 21.2. The van der Waals surface area contributed by atoms with Gasteiger partial charge in [-0.3, -0.25) is 19.0 Å². The van der Waals surface area contributed by atoms with Crippen molar-refractivity contribution in [2.75, 3.05) is 26.5 Å². The van der Waals surface area contributed by atoms with Gasteiger partial charge in [-0.2, -0.15) is 0 Å². The summed E-state index contributed by atoms with van der Waals surface area (Å²) >= 11 is 0. The van der Waals surface area contributed by atoms with Gasteiger partial charge >= 0.3 is 17.6 Å². The highest BCUT2D eigenvalue weighted by atomic mass is 32.2. The molecule has 0 fully saturated rings. The number of aromatic nitrogens is 2. The molecule has 1 heterocycles. The van der Waals surface area contributed by atoms with Crippen molar-refractivity contribution in [3.8, 4) is 0 Å². The van der Waals surface area contributed by atoms with E-state index in [0.29, 0.717) is 10.1 Å². The van der Waals surface area contributed by atoms with Crippen LogP contribution in [0.3, 0.4) is 0 Å². The van der Waals surface area contributed by atoms with Gasteiger partial charge in [0.2, 0.25) is 15.8 Å². The molecule has 38 heavy (non-hydrogen) atoms. The van der Waals surface area contributed by atoms with Gasteiger partial charge in [-0.05, 0) is 30.8 Å². The van der Waals surface area contributed by atoms with Crippen LogP contribution >= 0.6 is 0 Å². The molecule has 0 unspecified atom stereocenters. The van der Waals surface area contributed by atoms with E-state index in [1.807, 2.05) is 0 Å². The number of sulfonamides is 1. The van der Waals surface area contributed by atoms with E-state index in [9.17, 15) is 32.4 Å². The average molecular weight is 545 g/mol. The molecule has 1 aromatic heterocycles. The highest BCUT2D eigenvalue weighted by molar-refractivity contribution is 7.89. The Morgan fingerprint density at radius 1 is 1.00 bits per heavy atom. The van der Waals surface area contributed by atoms with Crippen molar-refractivity contribution in [3.63, 3.8) is 0 Å². The SMILES string of the molecule is CNS(=O)(=O)c1cccc(C(=O)OCC(=O)c2c(N)n(Cc3ccccc3)c(=O)n(CC(=O)OC)c2=O)c1. The molecule has 0 radical (unpaired) electrons. The molecule has 3 N–H and O–H groups in total. The Balaban J connectivity index is 1.97. The van der Waals surface area contributed by atoms with Crippen molar-refractivity contribution in [3.05, 3.63) is 92.1 Å². The molecule has 2 aromatic carbocycles. The van der Waals surface area contributed by atoms with E-state index in [4.69, 9.17) is 10.5 Å². The number of methoxy groups -OCH3 is 1. The third-order valence-corrected chi connectivity index (χ3v) is 6.84. The number of anilines is 1. The van der Waals surface area contributed by atoms with Crippen LogP contribution in [0.25, 0.3) is 0 Å². The zero-order valence-electron chi connectivity index (χ0n) is 20.4. The Morgan fingerprint density at radius 2 is 1.68 bits per heavy atom. The number of benzene rings is 2. The number of ether oxygens (including phenoxy) is 2. The average Bonchev–Trinajstić information content (AvgIpc) is 2.92. The number of nitrogens with zero attached hydrogens (tertiary/aromatic N) is 2. The van der Waals surface area contributed by atoms with Crippen molar-refractivity contribution < 1.29 is 32.3 Å². The van der Waals surface area contributed by atoms with E-state index in [2.05, 4.69) is 9.46 Å². The summed E-state index contributed by atoms with van der Waals surface area (Å²) in [5, 5.41) is 0. The minimum Gasteiger partial charge on any atom is -0.468 e. The Bertz CT molecular complexity index is 1610. The number of nitrogens with two attached hydrogens (primary N) is 1. The number of nitrogen functional groups attached to an aromatic ring is 1. The number of ketones is 1. The van der Waals surface area contributed by atoms with Gasteiger partial charge in [0.1, 0.15) is 17.9 Å². The molecule has 14 heteroatoms. The van der Waals surface area contributed by atoms with Crippen LogP contribution in [-0.2, 0) is 37.4 Å². The molecule has 0 amide bonds. The fraction of sp³-hybridized carbons (Fsp3) is 0.208. The van der Waals surface area contributed by atoms with Crippen molar-refractivity contribution in [1.82, 2.24) is 13.9 Å². The molecule has 0 saturated heterocycles. The fourth-order valence-corrected chi connectivity index (χ4v) is 4.20. The Kier molecular flexibility index (Phi) is 8.60. The highest BCUT2D eigenvalue weighted by Gasteiger charge is 2.25. The first-order valence-electron chi connectivity index (χ1n) is 11.0. The highest BCUT2D eigenvalue weighted by Crippen LogP contribution is 2.14. The smallest absolute Gasteiger partial charge is 0.338 e. The minimum atomic E-state index is -3.85. The molecule has 0 atom stereocenters. The quantitative estimate of drug-likeness (QED) is 0.255. The first-order chi connectivity index (χ1) is 18.0. The lowest BCUT2D eigenvalue weighted by Gasteiger charge is -2.16. The van der Waals surface area contributed by atoms with E-state index in [-0.39, 0.29) is 17.0 Å². The molecule has 0 aliphatic heterocycles. The van der Waals surface area contributed by atoms with Gasteiger partial charge in [0.15, 0.2) is 6.61 Å².